The zero-order valence-corrected chi connectivity index (χ0v) is 28.0. The molecule has 0 aromatic carbocycles. The Balaban J connectivity index is 1.12. The highest BCUT2D eigenvalue weighted by Crippen LogP contribution is 2.66. The van der Waals surface area contributed by atoms with E-state index in [0.29, 0.717) is 61.7 Å². The zero-order valence-electron chi connectivity index (χ0n) is 27.2. The van der Waals surface area contributed by atoms with Gasteiger partial charge in [0.25, 0.3) is 0 Å². The lowest BCUT2D eigenvalue weighted by Gasteiger charge is -2.62. The molecule has 0 amide bonds. The van der Waals surface area contributed by atoms with E-state index < -0.39 is 40.5 Å². The summed E-state index contributed by atoms with van der Waals surface area (Å²) < 4.78 is 93.4. The van der Waals surface area contributed by atoms with Gasteiger partial charge >= 0.3 is 12.1 Å². The minimum absolute atomic E-state index is 0.0966. The van der Waals surface area contributed by atoms with Crippen LogP contribution in [0.1, 0.15) is 129 Å². The summed E-state index contributed by atoms with van der Waals surface area (Å²) in [6.07, 6.45) is 6.37. The van der Waals surface area contributed by atoms with E-state index >= 15 is 0 Å². The van der Waals surface area contributed by atoms with Gasteiger partial charge in [0.05, 0.1) is 23.7 Å². The number of aliphatic hydroxyl groups is 1. The molecule has 0 aliphatic heterocycles. The van der Waals surface area contributed by atoms with E-state index in [1.165, 1.54) is 0 Å². The van der Waals surface area contributed by atoms with Crippen molar-refractivity contribution >= 4 is 15.6 Å². The van der Waals surface area contributed by atoms with Gasteiger partial charge < -0.3 is 9.84 Å². The molecule has 0 aromatic rings. The predicted molar refractivity (Wildman–Crippen MR) is 164 cm³/mol. The highest BCUT2D eigenvalue weighted by Gasteiger charge is 2.63. The second-order valence-electron chi connectivity index (χ2n) is 15.3. The third kappa shape index (κ3) is 8.62. The summed E-state index contributed by atoms with van der Waals surface area (Å²) in [6.45, 7) is 5.38. The van der Waals surface area contributed by atoms with E-state index in [1.54, 1.807) is 0 Å². The fourth-order valence-corrected chi connectivity index (χ4v) is 11.2. The number of ether oxygens (including phenoxy) is 1. The molecule has 1 N–H and O–H groups in total. The number of carbonyl (C=O) groups is 1. The smallest absolute Gasteiger partial charge is 0.393 e. The van der Waals surface area contributed by atoms with Gasteiger partial charge in [0.1, 0.15) is 15.6 Å². The first-order valence-electron chi connectivity index (χ1n) is 17.5. The van der Waals surface area contributed by atoms with Gasteiger partial charge in [-0.3, -0.25) is 4.79 Å². The molecule has 4 fully saturated rings. The molecule has 11 heteroatoms. The second kappa shape index (κ2) is 14.8. The number of hydrogen-bond acceptors (Lipinski definition) is 5. The molecule has 45 heavy (non-hydrogen) atoms. The molecule has 3 unspecified atom stereocenters. The summed E-state index contributed by atoms with van der Waals surface area (Å²) in [4.78, 5) is 12.3. The number of hydrogen-bond donors (Lipinski definition) is 1. The number of sulfone groups is 1. The number of unbranched alkanes of at least 4 members (excludes halogenated alkanes) is 7. The van der Waals surface area contributed by atoms with Crippen LogP contribution in [0.2, 0.25) is 0 Å². The van der Waals surface area contributed by atoms with E-state index in [0.717, 1.165) is 77.0 Å². The molecule has 4 rings (SSSR count). The zero-order chi connectivity index (χ0) is 33.1. The Morgan fingerprint density at radius 1 is 0.844 bits per heavy atom. The van der Waals surface area contributed by atoms with Crippen molar-refractivity contribution in [1.29, 1.82) is 0 Å². The number of rotatable bonds is 16. The first kappa shape index (κ1) is 37.0. The van der Waals surface area contributed by atoms with Crippen molar-refractivity contribution in [3.63, 3.8) is 0 Å². The highest BCUT2D eigenvalue weighted by atomic mass is 32.2. The van der Waals surface area contributed by atoms with E-state index in [9.17, 15) is 40.3 Å². The Kier molecular flexibility index (Phi) is 12.1. The standard InChI is InChI=1S/C34H55F5O5S/c1-31-18-16-25(40)22-24(31)12-13-26-27-14-15-29(41)32(27,2)23-28(30(26)31)44-19-9-7-5-3-4-6-8-10-20-45(42,43)21-11-17-33(35,36)34(37,38)39/h24,26-30,41H,3-23H2,1-2H3/t24?,26-,27-,28?,29?,30-,31-,32-/m0/s1. The SMILES string of the molecule is C[C@]12CCC(=O)CC1CC[C@@H]1[C@H]2C(OCCCCCCCCCCS(=O)(=O)CCCC(F)(F)C(F)(F)F)C[C@]2(C)C(O)CC[C@@H]12. The fourth-order valence-electron chi connectivity index (χ4n) is 9.74. The Hall–Kier alpha value is -0.810. The molecule has 8 atom stereocenters. The van der Waals surface area contributed by atoms with Crippen LogP contribution in [0.25, 0.3) is 0 Å². The molecular formula is C34H55F5O5S. The maximum atomic E-state index is 13.0. The summed E-state index contributed by atoms with van der Waals surface area (Å²) in [6, 6.07) is 0. The number of fused-ring (bicyclic) bond motifs is 5. The van der Waals surface area contributed by atoms with Crippen molar-refractivity contribution in [2.75, 3.05) is 18.1 Å². The first-order chi connectivity index (χ1) is 21.0. The van der Waals surface area contributed by atoms with Crippen LogP contribution in [-0.2, 0) is 19.4 Å². The predicted octanol–water partition coefficient (Wildman–Crippen LogP) is 8.47. The largest absolute Gasteiger partial charge is 0.453 e. The number of aliphatic hydroxyl groups excluding tert-OH is 1. The maximum absolute atomic E-state index is 13.0. The number of ketones is 1. The fraction of sp³-hybridized carbons (Fsp3) is 0.971. The third-order valence-electron chi connectivity index (χ3n) is 12.4. The van der Waals surface area contributed by atoms with E-state index in [4.69, 9.17) is 4.74 Å². The van der Waals surface area contributed by atoms with Crippen LogP contribution >= 0.6 is 0 Å². The number of carbonyl (C=O) groups excluding carboxylic acids is 1. The molecule has 4 saturated carbocycles. The van der Waals surface area contributed by atoms with Gasteiger partial charge in [-0.25, -0.2) is 8.42 Å². The van der Waals surface area contributed by atoms with Crippen LogP contribution in [-0.4, -0.2) is 61.7 Å². The molecule has 0 saturated heterocycles. The lowest BCUT2D eigenvalue weighted by molar-refractivity contribution is -0.284. The van der Waals surface area contributed by atoms with Crippen molar-refractivity contribution < 1.29 is 45.0 Å². The van der Waals surface area contributed by atoms with Crippen LogP contribution in [0.4, 0.5) is 22.0 Å². The lowest BCUT2D eigenvalue weighted by Crippen LogP contribution is -2.60. The van der Waals surface area contributed by atoms with Gasteiger partial charge in [0.2, 0.25) is 0 Å². The number of Topliss-reactive ketones (excluding diaryl/α,β-unsaturated/α-hetero) is 1. The molecule has 4 aliphatic carbocycles. The van der Waals surface area contributed by atoms with Crippen molar-refractivity contribution in [1.82, 2.24) is 0 Å². The minimum Gasteiger partial charge on any atom is -0.393 e. The molecule has 0 aromatic heterocycles. The van der Waals surface area contributed by atoms with Crippen LogP contribution in [0.5, 0.6) is 0 Å². The van der Waals surface area contributed by atoms with E-state index in [-0.39, 0.29) is 28.8 Å². The Morgan fingerprint density at radius 3 is 2.13 bits per heavy atom. The van der Waals surface area contributed by atoms with Gasteiger partial charge in [0, 0.05) is 25.9 Å². The monoisotopic (exact) mass is 670 g/mol. The van der Waals surface area contributed by atoms with Gasteiger partial charge in [-0.05, 0) is 92.3 Å². The quantitative estimate of drug-likeness (QED) is 0.132. The lowest BCUT2D eigenvalue weighted by atomic mass is 9.44. The van der Waals surface area contributed by atoms with Gasteiger partial charge in [0.15, 0.2) is 0 Å². The van der Waals surface area contributed by atoms with Gasteiger partial charge in [-0.15, -0.1) is 0 Å². The average Bonchev–Trinajstić information content (AvgIpc) is 3.24. The highest BCUT2D eigenvalue weighted by molar-refractivity contribution is 7.91. The summed E-state index contributed by atoms with van der Waals surface area (Å²) in [7, 11) is -3.64. The summed E-state index contributed by atoms with van der Waals surface area (Å²) in [5.41, 5.74) is 0.0259. The normalized spacial score (nSPS) is 35.6. The molecular weight excluding hydrogens is 615 g/mol. The minimum atomic E-state index is -5.65. The van der Waals surface area contributed by atoms with Crippen molar-refractivity contribution in [3.05, 3.63) is 0 Å². The second-order valence-corrected chi connectivity index (χ2v) is 17.6. The summed E-state index contributed by atoms with van der Waals surface area (Å²) in [5.74, 6) is -3.32. The Labute approximate surface area is 266 Å². The van der Waals surface area contributed by atoms with E-state index in [2.05, 4.69) is 13.8 Å². The van der Waals surface area contributed by atoms with Gasteiger partial charge in [-0.2, -0.15) is 22.0 Å². The average molecular weight is 671 g/mol. The molecule has 0 bridgehead atoms. The van der Waals surface area contributed by atoms with Gasteiger partial charge in [-0.1, -0.05) is 52.4 Å². The summed E-state index contributed by atoms with van der Waals surface area (Å²) >= 11 is 0. The number of alkyl halides is 5. The van der Waals surface area contributed by atoms with Crippen molar-refractivity contribution in [3.8, 4) is 0 Å². The molecule has 4 aliphatic rings. The molecule has 0 spiro atoms. The Bertz CT molecular complexity index is 1100. The summed E-state index contributed by atoms with van der Waals surface area (Å²) in [5, 5.41) is 11.0. The van der Waals surface area contributed by atoms with E-state index in [1.807, 2.05) is 0 Å². The third-order valence-corrected chi connectivity index (χ3v) is 14.2. The molecule has 0 radical (unpaired) electrons. The van der Waals surface area contributed by atoms with Crippen LogP contribution in [0.3, 0.4) is 0 Å². The molecule has 5 nitrogen and oxygen atoms in total. The molecule has 0 heterocycles. The van der Waals surface area contributed by atoms with Crippen LogP contribution in [0, 0.1) is 34.5 Å². The van der Waals surface area contributed by atoms with Crippen molar-refractivity contribution in [2.45, 2.75) is 154 Å². The van der Waals surface area contributed by atoms with Crippen LogP contribution < -0.4 is 0 Å². The topological polar surface area (TPSA) is 80.7 Å². The van der Waals surface area contributed by atoms with Crippen molar-refractivity contribution in [2.24, 2.45) is 34.5 Å². The number of halogens is 5. The first-order valence-corrected chi connectivity index (χ1v) is 19.3. The molecule has 262 valence electrons. The Morgan fingerprint density at radius 2 is 1.47 bits per heavy atom. The van der Waals surface area contributed by atoms with Crippen LogP contribution in [0.15, 0.2) is 0 Å². The maximum Gasteiger partial charge on any atom is 0.453 e.